The second-order valence-electron chi connectivity index (χ2n) is 7.26. The van der Waals surface area contributed by atoms with Crippen LogP contribution >= 0.6 is 11.3 Å². The number of anilines is 1. The van der Waals surface area contributed by atoms with Crippen molar-refractivity contribution in [1.82, 2.24) is 9.29 Å². The number of aryl methyl sites for hydroxylation is 2. The van der Waals surface area contributed by atoms with Crippen LogP contribution in [0.15, 0.2) is 23.1 Å². The first-order valence-electron chi connectivity index (χ1n) is 9.67. The number of hydrogen-bond acceptors (Lipinski definition) is 5. The van der Waals surface area contributed by atoms with E-state index in [9.17, 15) is 13.2 Å². The lowest BCUT2D eigenvalue weighted by molar-refractivity contribution is 0.102. The van der Waals surface area contributed by atoms with Crippen LogP contribution in [0, 0.1) is 12.8 Å². The molecule has 152 valence electrons. The van der Waals surface area contributed by atoms with Crippen LogP contribution in [0.4, 0.5) is 5.13 Å². The average Bonchev–Trinajstić information content (AvgIpc) is 3.03. The third-order valence-corrected chi connectivity index (χ3v) is 8.28. The maximum Gasteiger partial charge on any atom is 0.257 e. The zero-order valence-corrected chi connectivity index (χ0v) is 18.4. The largest absolute Gasteiger partial charge is 0.298 e. The minimum atomic E-state index is -3.61. The van der Waals surface area contributed by atoms with Gasteiger partial charge in [0.25, 0.3) is 5.91 Å². The van der Waals surface area contributed by atoms with E-state index in [1.165, 1.54) is 26.6 Å². The molecule has 0 saturated heterocycles. The Bertz CT molecular complexity index is 979. The van der Waals surface area contributed by atoms with E-state index in [4.69, 9.17) is 0 Å². The maximum absolute atomic E-state index is 12.8. The molecule has 28 heavy (non-hydrogen) atoms. The summed E-state index contributed by atoms with van der Waals surface area (Å²) in [5.74, 6) is 0.314. The number of carbonyl (C=O) groups is 1. The Hall–Kier alpha value is -1.77. The highest BCUT2D eigenvalue weighted by atomic mass is 32.2. The van der Waals surface area contributed by atoms with E-state index in [0.29, 0.717) is 29.7 Å². The standard InChI is InChI=1S/C20H27N3O3S2/c1-5-23(6-2)28(25,26)15-9-8-14(4)16(12-15)19(24)22-20-21-17-10-7-13(3)11-18(17)27-20/h8-9,12-13H,5-7,10-11H2,1-4H3,(H,21,22,24). The third-order valence-electron chi connectivity index (χ3n) is 5.20. The fraction of sp³-hybridized carbons (Fsp3) is 0.500. The summed E-state index contributed by atoms with van der Waals surface area (Å²) in [6.07, 6.45) is 3.06. The number of hydrogen-bond donors (Lipinski definition) is 1. The number of benzene rings is 1. The summed E-state index contributed by atoms with van der Waals surface area (Å²) in [6.45, 7) is 8.40. The zero-order chi connectivity index (χ0) is 20.5. The molecule has 0 fully saturated rings. The fourth-order valence-corrected chi connectivity index (χ4v) is 6.13. The summed E-state index contributed by atoms with van der Waals surface area (Å²) < 4.78 is 27.0. The van der Waals surface area contributed by atoms with E-state index >= 15 is 0 Å². The summed E-state index contributed by atoms with van der Waals surface area (Å²) in [5, 5.41) is 3.45. The number of sulfonamides is 1. The van der Waals surface area contributed by atoms with Crippen LogP contribution in [0.5, 0.6) is 0 Å². The van der Waals surface area contributed by atoms with E-state index in [-0.39, 0.29) is 10.8 Å². The van der Waals surface area contributed by atoms with E-state index < -0.39 is 10.0 Å². The van der Waals surface area contributed by atoms with Gasteiger partial charge in [-0.05, 0) is 49.8 Å². The molecule has 0 aliphatic heterocycles. The molecule has 0 spiro atoms. The van der Waals surface area contributed by atoms with Crippen LogP contribution in [0.3, 0.4) is 0 Å². The molecule has 2 aromatic rings. The summed E-state index contributed by atoms with van der Waals surface area (Å²) in [7, 11) is -3.61. The zero-order valence-electron chi connectivity index (χ0n) is 16.8. The van der Waals surface area contributed by atoms with Crippen LogP contribution in [0.25, 0.3) is 0 Å². The highest BCUT2D eigenvalue weighted by molar-refractivity contribution is 7.89. The van der Waals surface area contributed by atoms with Gasteiger partial charge in [0.05, 0.1) is 10.6 Å². The molecule has 3 rings (SSSR count). The highest BCUT2D eigenvalue weighted by Crippen LogP contribution is 2.32. The van der Waals surface area contributed by atoms with Crippen LogP contribution in [-0.4, -0.2) is 36.7 Å². The third kappa shape index (κ3) is 4.14. The van der Waals surface area contributed by atoms with E-state index in [1.54, 1.807) is 32.9 Å². The molecule has 1 aromatic carbocycles. The normalized spacial score (nSPS) is 16.8. The van der Waals surface area contributed by atoms with Crippen molar-refractivity contribution >= 4 is 32.4 Å². The Balaban J connectivity index is 1.86. The quantitative estimate of drug-likeness (QED) is 0.768. The van der Waals surface area contributed by atoms with Crippen molar-refractivity contribution in [3.63, 3.8) is 0 Å². The number of fused-ring (bicyclic) bond motifs is 1. The first-order valence-corrected chi connectivity index (χ1v) is 11.9. The van der Waals surface area contributed by atoms with Gasteiger partial charge >= 0.3 is 0 Å². The van der Waals surface area contributed by atoms with Crippen molar-refractivity contribution in [2.75, 3.05) is 18.4 Å². The molecular weight excluding hydrogens is 394 g/mol. The molecular formula is C20H27N3O3S2. The lowest BCUT2D eigenvalue weighted by Crippen LogP contribution is -2.30. The minimum absolute atomic E-state index is 0.138. The molecule has 1 aromatic heterocycles. The summed E-state index contributed by atoms with van der Waals surface area (Å²) in [6, 6.07) is 4.71. The Morgan fingerprint density at radius 3 is 2.71 bits per heavy atom. The molecule has 6 nitrogen and oxygen atoms in total. The molecule has 1 amide bonds. The van der Waals surface area contributed by atoms with E-state index in [2.05, 4.69) is 17.2 Å². The van der Waals surface area contributed by atoms with Gasteiger partial charge in [-0.25, -0.2) is 13.4 Å². The second-order valence-corrected chi connectivity index (χ2v) is 10.3. The van der Waals surface area contributed by atoms with Crippen LogP contribution < -0.4 is 5.32 Å². The summed E-state index contributed by atoms with van der Waals surface area (Å²) in [4.78, 5) is 18.8. The number of rotatable bonds is 6. The molecule has 1 unspecified atom stereocenters. The van der Waals surface area contributed by atoms with Crippen molar-refractivity contribution in [2.24, 2.45) is 5.92 Å². The number of nitrogens with zero attached hydrogens (tertiary/aromatic N) is 2. The predicted molar refractivity (Wildman–Crippen MR) is 113 cm³/mol. The molecule has 1 N–H and O–H groups in total. The highest BCUT2D eigenvalue weighted by Gasteiger charge is 2.24. The predicted octanol–water partition coefficient (Wildman–Crippen LogP) is 3.86. The number of thiazole rings is 1. The number of carbonyl (C=O) groups excluding carboxylic acids is 1. The van der Waals surface area contributed by atoms with Crippen molar-refractivity contribution in [3.05, 3.63) is 39.9 Å². The van der Waals surface area contributed by atoms with Gasteiger partial charge in [0.15, 0.2) is 5.13 Å². The van der Waals surface area contributed by atoms with Crippen molar-refractivity contribution in [2.45, 2.75) is 51.9 Å². The number of amides is 1. The maximum atomic E-state index is 12.8. The van der Waals surface area contributed by atoms with Crippen molar-refractivity contribution < 1.29 is 13.2 Å². The molecule has 8 heteroatoms. The number of aromatic nitrogens is 1. The van der Waals surface area contributed by atoms with Gasteiger partial charge in [0, 0.05) is 23.5 Å². The summed E-state index contributed by atoms with van der Waals surface area (Å²) in [5.41, 5.74) is 2.16. The SMILES string of the molecule is CCN(CC)S(=O)(=O)c1ccc(C)c(C(=O)Nc2nc3c(s2)CC(C)CC3)c1. The fourth-order valence-electron chi connectivity index (χ4n) is 3.48. The van der Waals surface area contributed by atoms with Crippen LogP contribution in [0.1, 0.15) is 53.7 Å². The van der Waals surface area contributed by atoms with E-state index in [0.717, 1.165) is 30.5 Å². The molecule has 1 aliphatic rings. The Morgan fingerprint density at radius 2 is 2.04 bits per heavy atom. The first-order chi connectivity index (χ1) is 13.3. The molecule has 1 atom stereocenters. The van der Waals surface area contributed by atoms with Gasteiger partial charge in [-0.1, -0.05) is 26.8 Å². The van der Waals surface area contributed by atoms with Crippen LogP contribution in [-0.2, 0) is 22.9 Å². The number of nitrogens with one attached hydrogen (secondary N) is 1. The van der Waals surface area contributed by atoms with Gasteiger partial charge in [-0.3, -0.25) is 10.1 Å². The first kappa shape index (κ1) is 21.0. The second kappa shape index (κ2) is 8.31. The molecule has 0 radical (unpaired) electrons. The van der Waals surface area contributed by atoms with Crippen LogP contribution in [0.2, 0.25) is 0 Å². The Kier molecular flexibility index (Phi) is 6.21. The monoisotopic (exact) mass is 421 g/mol. The topological polar surface area (TPSA) is 79.4 Å². The lowest BCUT2D eigenvalue weighted by atomic mass is 9.93. The molecule has 0 bridgehead atoms. The molecule has 1 aliphatic carbocycles. The van der Waals surface area contributed by atoms with Gasteiger partial charge < -0.3 is 0 Å². The smallest absolute Gasteiger partial charge is 0.257 e. The van der Waals surface area contributed by atoms with Gasteiger partial charge in [0.1, 0.15) is 0 Å². The van der Waals surface area contributed by atoms with E-state index in [1.807, 2.05) is 0 Å². The van der Waals surface area contributed by atoms with Crippen molar-refractivity contribution in [3.8, 4) is 0 Å². The van der Waals surface area contributed by atoms with Gasteiger partial charge in [0.2, 0.25) is 10.0 Å². The minimum Gasteiger partial charge on any atom is -0.298 e. The molecule has 0 saturated carbocycles. The van der Waals surface area contributed by atoms with Gasteiger partial charge in [-0.15, -0.1) is 11.3 Å². The Labute approximate surface area is 171 Å². The summed E-state index contributed by atoms with van der Waals surface area (Å²) >= 11 is 1.52. The Morgan fingerprint density at radius 1 is 1.32 bits per heavy atom. The van der Waals surface area contributed by atoms with Gasteiger partial charge in [-0.2, -0.15) is 4.31 Å². The molecule has 1 heterocycles. The lowest BCUT2D eigenvalue weighted by Gasteiger charge is -2.19. The average molecular weight is 422 g/mol. The van der Waals surface area contributed by atoms with Crippen molar-refractivity contribution in [1.29, 1.82) is 0 Å².